The van der Waals surface area contributed by atoms with Crippen LogP contribution >= 0.6 is 11.9 Å². The Morgan fingerprint density at radius 2 is 1.71 bits per heavy atom. The molecule has 0 aliphatic heterocycles. The maximum absolute atomic E-state index is 5.52. The molecule has 1 heterocycles. The summed E-state index contributed by atoms with van der Waals surface area (Å²) in [6, 6.07) is 24.5. The number of methoxy groups -OCH3 is 1. The highest BCUT2D eigenvalue weighted by Gasteiger charge is 2.09. The van der Waals surface area contributed by atoms with Crippen LogP contribution in [-0.2, 0) is 7.05 Å². The van der Waals surface area contributed by atoms with Crippen molar-refractivity contribution in [2.45, 2.75) is 4.90 Å². The van der Waals surface area contributed by atoms with Gasteiger partial charge in [-0.3, -0.25) is 0 Å². The van der Waals surface area contributed by atoms with Crippen LogP contribution in [0.1, 0.15) is 0 Å². The number of hydrogen-bond donors (Lipinski definition) is 1. The van der Waals surface area contributed by atoms with Gasteiger partial charge in [0, 0.05) is 17.5 Å². The Morgan fingerprint density at radius 3 is 2.46 bits per heavy atom. The maximum Gasteiger partial charge on any atom is 0.181 e. The van der Waals surface area contributed by atoms with E-state index >= 15 is 0 Å². The smallest absolute Gasteiger partial charge is 0.181 e. The van der Waals surface area contributed by atoms with Gasteiger partial charge in [0.1, 0.15) is 5.75 Å². The fourth-order valence-electron chi connectivity index (χ4n) is 2.88. The Hall–Kier alpha value is -3.32. The second kappa shape index (κ2) is 8.14. The van der Waals surface area contributed by atoms with Gasteiger partial charge in [-0.15, -0.1) is 5.10 Å². The summed E-state index contributed by atoms with van der Waals surface area (Å²) in [5.41, 5.74) is 4.17. The topological polar surface area (TPSA) is 64.9 Å². The number of ether oxygens (including phenoxy) is 1. The molecule has 0 spiro atoms. The van der Waals surface area contributed by atoms with E-state index in [2.05, 4.69) is 50.6 Å². The summed E-state index contributed by atoms with van der Waals surface area (Å²) in [6.45, 7) is 0. The van der Waals surface area contributed by atoms with Crippen LogP contribution in [0.2, 0.25) is 0 Å². The van der Waals surface area contributed by atoms with Gasteiger partial charge in [0.05, 0.1) is 12.8 Å². The molecular weight excluding hydrogens is 370 g/mol. The van der Waals surface area contributed by atoms with Crippen molar-refractivity contribution in [3.8, 4) is 28.3 Å². The number of rotatable bonds is 6. The first-order valence-electron chi connectivity index (χ1n) is 8.74. The van der Waals surface area contributed by atoms with Gasteiger partial charge in [-0.2, -0.15) is 0 Å². The Morgan fingerprint density at radius 1 is 0.893 bits per heavy atom. The second-order valence-electron chi connectivity index (χ2n) is 6.14. The normalized spacial score (nSPS) is 10.6. The van der Waals surface area contributed by atoms with E-state index in [1.165, 1.54) is 11.9 Å². The zero-order valence-corrected chi connectivity index (χ0v) is 16.4. The lowest BCUT2D eigenvalue weighted by atomic mass is 10.1. The molecule has 1 aromatic heterocycles. The van der Waals surface area contributed by atoms with Crippen molar-refractivity contribution in [1.29, 1.82) is 0 Å². The fraction of sp³-hybridized carbons (Fsp3) is 0.0952. The molecule has 28 heavy (non-hydrogen) atoms. The fourth-order valence-corrected chi connectivity index (χ4v) is 3.60. The Kier molecular flexibility index (Phi) is 5.25. The van der Waals surface area contributed by atoms with Gasteiger partial charge in [0.2, 0.25) is 0 Å². The standard InChI is InChI=1S/C21H19N5OS/c1-26-21(22-24-25-26)17-9-6-10-18(13-17)28-23-19-14-16(11-12-20(19)27-2)15-7-4-3-5-8-15/h3-14,23H,1-2H3. The molecule has 0 saturated carbocycles. The molecule has 0 atom stereocenters. The number of anilines is 1. The molecule has 0 fully saturated rings. The van der Waals surface area contributed by atoms with Crippen LogP contribution in [0.15, 0.2) is 77.7 Å². The molecule has 4 aromatic rings. The third-order valence-electron chi connectivity index (χ3n) is 4.30. The zero-order valence-electron chi connectivity index (χ0n) is 15.5. The third-order valence-corrected chi connectivity index (χ3v) is 5.11. The van der Waals surface area contributed by atoms with Crippen LogP contribution in [0.3, 0.4) is 0 Å². The minimum Gasteiger partial charge on any atom is -0.495 e. The predicted octanol–water partition coefficient (Wildman–Crippen LogP) is 4.67. The first-order valence-corrected chi connectivity index (χ1v) is 9.55. The van der Waals surface area contributed by atoms with E-state index in [1.807, 2.05) is 49.5 Å². The lowest BCUT2D eigenvalue weighted by molar-refractivity contribution is 0.417. The van der Waals surface area contributed by atoms with Crippen LogP contribution in [-0.4, -0.2) is 27.3 Å². The molecule has 3 aromatic carbocycles. The molecular formula is C21H19N5OS. The molecule has 0 saturated heterocycles. The molecule has 1 N–H and O–H groups in total. The minimum atomic E-state index is 0.728. The van der Waals surface area contributed by atoms with Gasteiger partial charge in [-0.05, 0) is 57.8 Å². The summed E-state index contributed by atoms with van der Waals surface area (Å²) < 4.78 is 10.6. The number of nitrogens with one attached hydrogen (secondary N) is 1. The van der Waals surface area contributed by atoms with Crippen molar-refractivity contribution in [1.82, 2.24) is 20.2 Å². The first-order chi connectivity index (χ1) is 13.7. The molecule has 6 nitrogen and oxygen atoms in total. The lowest BCUT2D eigenvalue weighted by Crippen LogP contribution is -1.95. The largest absolute Gasteiger partial charge is 0.495 e. The van der Waals surface area contributed by atoms with Gasteiger partial charge in [-0.1, -0.05) is 48.5 Å². The van der Waals surface area contributed by atoms with Crippen molar-refractivity contribution >= 4 is 17.6 Å². The van der Waals surface area contributed by atoms with Gasteiger partial charge < -0.3 is 9.46 Å². The Labute approximate surface area is 167 Å². The van der Waals surface area contributed by atoms with E-state index in [9.17, 15) is 0 Å². The molecule has 0 amide bonds. The quantitative estimate of drug-likeness (QED) is 0.483. The molecule has 0 radical (unpaired) electrons. The van der Waals surface area contributed by atoms with E-state index < -0.39 is 0 Å². The molecule has 0 bridgehead atoms. The van der Waals surface area contributed by atoms with E-state index in [4.69, 9.17) is 4.74 Å². The molecule has 0 aliphatic rings. The number of aryl methyl sites for hydroxylation is 1. The van der Waals surface area contributed by atoms with Crippen LogP contribution < -0.4 is 9.46 Å². The van der Waals surface area contributed by atoms with Gasteiger partial charge in [0.25, 0.3) is 0 Å². The SMILES string of the molecule is COc1ccc(-c2ccccc2)cc1NSc1cccc(-c2nnnn2C)c1. The number of hydrogen-bond acceptors (Lipinski definition) is 6. The molecule has 4 rings (SSSR count). The Balaban J connectivity index is 1.57. The van der Waals surface area contributed by atoms with Crippen LogP contribution in [0, 0.1) is 0 Å². The van der Waals surface area contributed by atoms with Crippen molar-refractivity contribution < 1.29 is 4.74 Å². The summed E-state index contributed by atoms with van der Waals surface area (Å²) in [5.74, 6) is 1.52. The highest BCUT2D eigenvalue weighted by atomic mass is 32.2. The van der Waals surface area contributed by atoms with E-state index in [0.29, 0.717) is 0 Å². The van der Waals surface area contributed by atoms with Crippen molar-refractivity contribution in [3.05, 3.63) is 72.8 Å². The van der Waals surface area contributed by atoms with E-state index in [-0.39, 0.29) is 0 Å². The Bertz CT molecular complexity index is 1080. The number of aromatic nitrogens is 4. The lowest BCUT2D eigenvalue weighted by Gasteiger charge is -2.13. The zero-order chi connectivity index (χ0) is 19.3. The number of nitrogens with zero attached hydrogens (tertiary/aromatic N) is 4. The van der Waals surface area contributed by atoms with E-state index in [1.54, 1.807) is 11.8 Å². The van der Waals surface area contributed by atoms with Crippen molar-refractivity contribution in [2.75, 3.05) is 11.8 Å². The average Bonchev–Trinajstić information content (AvgIpc) is 3.19. The van der Waals surface area contributed by atoms with Gasteiger partial charge in [0.15, 0.2) is 5.82 Å². The van der Waals surface area contributed by atoms with Crippen molar-refractivity contribution in [3.63, 3.8) is 0 Å². The predicted molar refractivity (Wildman–Crippen MR) is 112 cm³/mol. The number of benzene rings is 3. The molecule has 0 aliphatic carbocycles. The van der Waals surface area contributed by atoms with Gasteiger partial charge in [-0.25, -0.2) is 4.68 Å². The summed E-state index contributed by atoms with van der Waals surface area (Å²) >= 11 is 1.52. The highest BCUT2D eigenvalue weighted by Crippen LogP contribution is 2.34. The highest BCUT2D eigenvalue weighted by molar-refractivity contribution is 8.00. The number of tetrazole rings is 1. The van der Waals surface area contributed by atoms with Crippen molar-refractivity contribution in [2.24, 2.45) is 7.05 Å². The minimum absolute atomic E-state index is 0.728. The van der Waals surface area contributed by atoms with Crippen LogP contribution in [0.5, 0.6) is 5.75 Å². The van der Waals surface area contributed by atoms with Crippen LogP contribution in [0.4, 0.5) is 5.69 Å². The second-order valence-corrected chi connectivity index (χ2v) is 7.02. The average molecular weight is 389 g/mol. The van der Waals surface area contributed by atoms with Crippen LogP contribution in [0.25, 0.3) is 22.5 Å². The molecule has 0 unspecified atom stereocenters. The summed E-state index contributed by atoms with van der Waals surface area (Å²) in [5, 5.41) is 11.7. The third kappa shape index (κ3) is 3.84. The maximum atomic E-state index is 5.52. The van der Waals surface area contributed by atoms with E-state index in [0.717, 1.165) is 38.8 Å². The van der Waals surface area contributed by atoms with Gasteiger partial charge >= 0.3 is 0 Å². The summed E-state index contributed by atoms with van der Waals surface area (Å²) in [6.07, 6.45) is 0. The monoisotopic (exact) mass is 389 g/mol. The molecule has 7 heteroatoms. The first kappa shape index (κ1) is 18.1. The molecule has 140 valence electrons. The summed E-state index contributed by atoms with van der Waals surface area (Å²) in [4.78, 5) is 1.05. The summed E-state index contributed by atoms with van der Waals surface area (Å²) in [7, 11) is 3.50.